The summed E-state index contributed by atoms with van der Waals surface area (Å²) in [5.74, 6) is 0.845. The largest absolute Gasteiger partial charge is 0.543 e. The van der Waals surface area contributed by atoms with Gasteiger partial charge in [-0.3, -0.25) is 14.3 Å². The molecular formula is C24H32N2O5SSi. The Balaban J connectivity index is 2.01. The molecule has 0 spiro atoms. The van der Waals surface area contributed by atoms with Crippen molar-refractivity contribution in [2.45, 2.75) is 62.5 Å². The summed E-state index contributed by atoms with van der Waals surface area (Å²) in [6.45, 7) is 12.6. The minimum absolute atomic E-state index is 0.0609. The molecule has 3 aromatic rings. The van der Waals surface area contributed by atoms with E-state index in [1.807, 2.05) is 36.4 Å². The van der Waals surface area contributed by atoms with Crippen molar-refractivity contribution in [1.82, 2.24) is 9.55 Å². The van der Waals surface area contributed by atoms with E-state index in [1.165, 1.54) is 16.3 Å². The van der Waals surface area contributed by atoms with Crippen molar-refractivity contribution in [3.05, 3.63) is 62.8 Å². The lowest BCUT2D eigenvalue weighted by atomic mass is 10.1. The molecule has 0 bridgehead atoms. The van der Waals surface area contributed by atoms with Gasteiger partial charge < -0.3 is 14.3 Å². The molecule has 0 aliphatic heterocycles. The molecule has 2 aromatic carbocycles. The maximum Gasteiger partial charge on any atom is 0.331 e. The van der Waals surface area contributed by atoms with E-state index in [4.69, 9.17) is 14.3 Å². The summed E-state index contributed by atoms with van der Waals surface area (Å²) in [6.07, 6.45) is 0. The van der Waals surface area contributed by atoms with E-state index in [9.17, 15) is 9.59 Å². The molecule has 33 heavy (non-hydrogen) atoms. The molecule has 0 aliphatic carbocycles. The first-order chi connectivity index (χ1) is 15.4. The molecule has 0 aliphatic rings. The number of nitrogens with one attached hydrogen (secondary N) is 1. The second-order valence-corrected chi connectivity index (χ2v) is 15.2. The van der Waals surface area contributed by atoms with Gasteiger partial charge in [0.05, 0.1) is 18.2 Å². The highest BCUT2D eigenvalue weighted by molar-refractivity contribution is 7.99. The number of H-pyrrole nitrogens is 1. The van der Waals surface area contributed by atoms with E-state index < -0.39 is 19.6 Å². The fraction of sp³-hybridized carbons (Fsp3) is 0.417. The maximum absolute atomic E-state index is 12.5. The number of nitrogens with zero attached hydrogens (tertiary/aromatic N) is 1. The standard InChI is InChI=1S/C24H32N2O5SSi/c1-16-21(28)25-23(29)26(15-30-13-12-27)22(16)32-20-9-7-8-17-14-18(10-11-19(17)20)31-33(5,6)24(2,3)4/h7-11,14,27H,12-13,15H2,1-6H3,(H,25,28,29). The SMILES string of the molecule is Cc1c(Sc2cccc3cc(O[Si](C)(C)C(C)(C)C)ccc23)n(COCCO)c(=O)[nH]c1=O. The third-order valence-corrected chi connectivity index (χ3v) is 11.7. The number of hydrogen-bond acceptors (Lipinski definition) is 6. The first kappa shape index (κ1) is 25.3. The molecule has 178 valence electrons. The average Bonchev–Trinajstić information content (AvgIpc) is 2.72. The van der Waals surface area contributed by atoms with E-state index in [1.54, 1.807) is 6.92 Å². The summed E-state index contributed by atoms with van der Waals surface area (Å²) in [5, 5.41) is 11.6. The summed E-state index contributed by atoms with van der Waals surface area (Å²) in [6, 6.07) is 12.0. The van der Waals surface area contributed by atoms with Crippen LogP contribution in [0.4, 0.5) is 0 Å². The molecule has 1 aromatic heterocycles. The van der Waals surface area contributed by atoms with Crippen molar-refractivity contribution < 1.29 is 14.3 Å². The quantitative estimate of drug-likeness (QED) is 0.275. The second kappa shape index (κ2) is 9.88. The summed E-state index contributed by atoms with van der Waals surface area (Å²) >= 11 is 1.35. The highest BCUT2D eigenvalue weighted by atomic mass is 32.2. The molecule has 0 atom stereocenters. The normalized spacial score (nSPS) is 12.3. The fourth-order valence-corrected chi connectivity index (χ4v) is 5.22. The van der Waals surface area contributed by atoms with Crippen molar-refractivity contribution in [2.24, 2.45) is 0 Å². The van der Waals surface area contributed by atoms with Crippen molar-refractivity contribution in [1.29, 1.82) is 0 Å². The Morgan fingerprint density at radius 3 is 2.55 bits per heavy atom. The third-order valence-electron chi connectivity index (χ3n) is 6.03. The Morgan fingerprint density at radius 1 is 1.15 bits per heavy atom. The van der Waals surface area contributed by atoms with Gasteiger partial charge in [-0.05, 0) is 60.1 Å². The zero-order valence-electron chi connectivity index (χ0n) is 20.0. The topological polar surface area (TPSA) is 93.6 Å². The minimum atomic E-state index is -1.96. The van der Waals surface area contributed by atoms with Crippen molar-refractivity contribution >= 4 is 30.9 Å². The zero-order valence-corrected chi connectivity index (χ0v) is 21.8. The number of hydrogen-bond donors (Lipinski definition) is 2. The van der Waals surface area contributed by atoms with Crippen LogP contribution in [0.5, 0.6) is 5.75 Å². The van der Waals surface area contributed by atoms with Gasteiger partial charge in [0.1, 0.15) is 12.5 Å². The number of aliphatic hydroxyl groups is 1. The molecule has 1 heterocycles. The smallest absolute Gasteiger partial charge is 0.331 e. The van der Waals surface area contributed by atoms with E-state index in [-0.39, 0.29) is 25.0 Å². The summed E-state index contributed by atoms with van der Waals surface area (Å²) in [7, 11) is -1.96. The van der Waals surface area contributed by atoms with Crippen LogP contribution in [0.15, 0.2) is 55.9 Å². The summed E-state index contributed by atoms with van der Waals surface area (Å²) in [5.41, 5.74) is -0.537. The van der Waals surface area contributed by atoms with E-state index in [0.717, 1.165) is 21.4 Å². The Kier molecular flexibility index (Phi) is 7.58. The highest BCUT2D eigenvalue weighted by Crippen LogP contribution is 2.39. The average molecular weight is 489 g/mol. The monoisotopic (exact) mass is 488 g/mol. The van der Waals surface area contributed by atoms with Crippen LogP contribution in [0.3, 0.4) is 0 Å². The third kappa shape index (κ3) is 5.60. The van der Waals surface area contributed by atoms with Gasteiger partial charge in [0, 0.05) is 10.5 Å². The molecule has 0 saturated heterocycles. The van der Waals surface area contributed by atoms with Gasteiger partial charge in [-0.25, -0.2) is 4.79 Å². The van der Waals surface area contributed by atoms with Crippen LogP contribution in [0.2, 0.25) is 18.1 Å². The second-order valence-electron chi connectivity index (χ2n) is 9.48. The number of ether oxygens (including phenoxy) is 1. The molecule has 7 nitrogen and oxygen atoms in total. The number of benzene rings is 2. The predicted octanol–water partition coefficient (Wildman–Crippen LogP) is 4.50. The fourth-order valence-electron chi connectivity index (χ4n) is 3.06. The van der Waals surface area contributed by atoms with Crippen LogP contribution in [-0.4, -0.2) is 36.2 Å². The Labute approximate surface area is 198 Å². The Morgan fingerprint density at radius 2 is 1.88 bits per heavy atom. The summed E-state index contributed by atoms with van der Waals surface area (Å²) in [4.78, 5) is 28.0. The lowest BCUT2D eigenvalue weighted by molar-refractivity contribution is 0.0411. The molecule has 3 rings (SSSR count). The van der Waals surface area contributed by atoms with E-state index in [2.05, 4.69) is 38.8 Å². The Hall–Kier alpha value is -2.33. The maximum atomic E-state index is 12.5. The van der Waals surface area contributed by atoms with Crippen LogP contribution in [-0.2, 0) is 11.5 Å². The van der Waals surface area contributed by atoms with Gasteiger partial charge >= 0.3 is 5.69 Å². The molecule has 0 amide bonds. The van der Waals surface area contributed by atoms with E-state index >= 15 is 0 Å². The predicted molar refractivity (Wildman–Crippen MR) is 135 cm³/mol. The molecule has 2 N–H and O–H groups in total. The number of rotatable bonds is 8. The van der Waals surface area contributed by atoms with Gasteiger partial charge in [0.25, 0.3) is 5.56 Å². The van der Waals surface area contributed by atoms with Gasteiger partial charge in [-0.15, -0.1) is 0 Å². The highest BCUT2D eigenvalue weighted by Gasteiger charge is 2.39. The van der Waals surface area contributed by atoms with Crippen LogP contribution >= 0.6 is 11.8 Å². The number of fused-ring (bicyclic) bond motifs is 1. The van der Waals surface area contributed by atoms with Crippen LogP contribution in [0.25, 0.3) is 10.8 Å². The first-order valence-corrected chi connectivity index (χ1v) is 14.6. The van der Waals surface area contributed by atoms with Crippen LogP contribution < -0.4 is 15.7 Å². The van der Waals surface area contributed by atoms with E-state index in [0.29, 0.717) is 10.6 Å². The molecular weight excluding hydrogens is 456 g/mol. The first-order valence-electron chi connectivity index (χ1n) is 10.9. The number of aromatic nitrogens is 2. The Bertz CT molecular complexity index is 1260. The summed E-state index contributed by atoms with van der Waals surface area (Å²) < 4.78 is 13.2. The number of aromatic amines is 1. The molecule has 0 saturated carbocycles. The molecule has 9 heteroatoms. The lowest BCUT2D eigenvalue weighted by Gasteiger charge is -2.36. The lowest BCUT2D eigenvalue weighted by Crippen LogP contribution is -2.43. The number of aliphatic hydroxyl groups excluding tert-OH is 1. The minimum Gasteiger partial charge on any atom is -0.543 e. The molecule has 0 radical (unpaired) electrons. The van der Waals surface area contributed by atoms with Crippen LogP contribution in [0.1, 0.15) is 26.3 Å². The van der Waals surface area contributed by atoms with Crippen molar-refractivity contribution in [3.8, 4) is 5.75 Å². The zero-order chi connectivity index (χ0) is 24.4. The van der Waals surface area contributed by atoms with Crippen molar-refractivity contribution in [3.63, 3.8) is 0 Å². The van der Waals surface area contributed by atoms with Crippen molar-refractivity contribution in [2.75, 3.05) is 13.2 Å². The van der Waals surface area contributed by atoms with Crippen LogP contribution in [0, 0.1) is 6.92 Å². The molecule has 0 unspecified atom stereocenters. The van der Waals surface area contributed by atoms with Gasteiger partial charge in [0.15, 0.2) is 0 Å². The van der Waals surface area contributed by atoms with Gasteiger partial charge in [0.2, 0.25) is 8.32 Å². The van der Waals surface area contributed by atoms with Gasteiger partial charge in [-0.2, -0.15) is 0 Å². The van der Waals surface area contributed by atoms with Gasteiger partial charge in [-0.1, -0.05) is 44.7 Å². The molecule has 0 fully saturated rings.